The summed E-state index contributed by atoms with van der Waals surface area (Å²) in [5.41, 5.74) is 0. The Kier molecular flexibility index (Phi) is 4.84. The van der Waals surface area contributed by atoms with Crippen LogP contribution in [0.4, 0.5) is 5.82 Å². The lowest BCUT2D eigenvalue weighted by atomic mass is 9.78. The van der Waals surface area contributed by atoms with Gasteiger partial charge in [0.05, 0.1) is 4.47 Å². The van der Waals surface area contributed by atoms with Gasteiger partial charge >= 0.3 is 0 Å². The van der Waals surface area contributed by atoms with Gasteiger partial charge in [-0.25, -0.2) is 9.97 Å². The minimum atomic E-state index is 0.462. The van der Waals surface area contributed by atoms with Crippen LogP contribution in [0.15, 0.2) is 10.8 Å². The highest BCUT2D eigenvalue weighted by molar-refractivity contribution is 9.10. The van der Waals surface area contributed by atoms with E-state index in [1.54, 1.807) is 0 Å². The molecule has 100 valence electrons. The topological polar surface area (TPSA) is 37.8 Å². The molecule has 1 aromatic rings. The molecular weight excluding hydrogens is 314 g/mol. The van der Waals surface area contributed by atoms with E-state index in [4.69, 9.17) is 11.6 Å². The molecule has 1 aliphatic carbocycles. The molecule has 5 heteroatoms. The Morgan fingerprint density at radius 2 is 2.06 bits per heavy atom. The molecule has 1 saturated carbocycles. The van der Waals surface area contributed by atoms with Gasteiger partial charge in [-0.2, -0.15) is 0 Å². The lowest BCUT2D eigenvalue weighted by Crippen LogP contribution is -2.35. The number of hydrogen-bond donors (Lipinski definition) is 1. The van der Waals surface area contributed by atoms with Crippen molar-refractivity contribution >= 4 is 33.3 Å². The predicted octanol–water partition coefficient (Wildman–Crippen LogP) is 4.52. The molecule has 0 aromatic carbocycles. The van der Waals surface area contributed by atoms with Crippen LogP contribution in [0.2, 0.25) is 5.15 Å². The van der Waals surface area contributed by atoms with Gasteiger partial charge in [0.15, 0.2) is 0 Å². The highest BCUT2D eigenvalue weighted by Gasteiger charge is 2.28. The lowest BCUT2D eigenvalue weighted by Gasteiger charge is -2.35. The zero-order valence-corrected chi connectivity index (χ0v) is 13.1. The van der Waals surface area contributed by atoms with Gasteiger partial charge in [0, 0.05) is 6.04 Å². The summed E-state index contributed by atoms with van der Waals surface area (Å²) in [6, 6.07) is 0.487. The molecule has 3 nitrogen and oxygen atoms in total. The first-order chi connectivity index (χ1) is 8.59. The van der Waals surface area contributed by atoms with Crippen LogP contribution < -0.4 is 5.32 Å². The number of aromatic nitrogens is 2. The first-order valence-electron chi connectivity index (χ1n) is 6.52. The molecule has 1 fully saturated rings. The molecule has 2 atom stereocenters. The van der Waals surface area contributed by atoms with Crippen LogP contribution in [0.25, 0.3) is 0 Å². The van der Waals surface area contributed by atoms with Crippen molar-refractivity contribution in [1.82, 2.24) is 9.97 Å². The normalized spacial score (nSPS) is 24.3. The van der Waals surface area contributed by atoms with E-state index in [-0.39, 0.29) is 0 Å². The van der Waals surface area contributed by atoms with E-state index in [2.05, 4.69) is 45.1 Å². The third kappa shape index (κ3) is 3.15. The molecular formula is C13H19BrClN3. The molecule has 1 N–H and O–H groups in total. The number of nitrogens with one attached hydrogen (secondary N) is 1. The average molecular weight is 333 g/mol. The van der Waals surface area contributed by atoms with Crippen molar-refractivity contribution in [2.24, 2.45) is 11.8 Å². The highest BCUT2D eigenvalue weighted by Crippen LogP contribution is 2.34. The van der Waals surface area contributed by atoms with Gasteiger partial charge in [0.2, 0.25) is 0 Å². The second-order valence-corrected chi connectivity index (χ2v) is 6.42. The van der Waals surface area contributed by atoms with Gasteiger partial charge < -0.3 is 5.32 Å². The van der Waals surface area contributed by atoms with Gasteiger partial charge in [-0.1, -0.05) is 38.3 Å². The van der Waals surface area contributed by atoms with Crippen LogP contribution in [-0.4, -0.2) is 16.0 Å². The summed E-state index contributed by atoms with van der Waals surface area (Å²) in [6.07, 6.45) is 6.63. The number of anilines is 1. The Morgan fingerprint density at radius 1 is 1.33 bits per heavy atom. The molecule has 0 aliphatic heterocycles. The van der Waals surface area contributed by atoms with Crippen molar-refractivity contribution in [2.45, 2.75) is 45.6 Å². The summed E-state index contributed by atoms with van der Waals surface area (Å²) in [4.78, 5) is 8.23. The molecule has 0 spiro atoms. The van der Waals surface area contributed by atoms with Crippen molar-refractivity contribution in [1.29, 1.82) is 0 Å². The molecule has 0 radical (unpaired) electrons. The molecule has 1 aliphatic rings. The maximum Gasteiger partial charge on any atom is 0.148 e. The minimum absolute atomic E-state index is 0.462. The maximum atomic E-state index is 5.99. The van der Waals surface area contributed by atoms with E-state index in [0.717, 1.165) is 10.3 Å². The molecule has 1 aromatic heterocycles. The van der Waals surface area contributed by atoms with Crippen molar-refractivity contribution in [3.05, 3.63) is 16.0 Å². The van der Waals surface area contributed by atoms with Crippen LogP contribution in [0, 0.1) is 11.8 Å². The summed E-state index contributed by atoms with van der Waals surface area (Å²) in [5.74, 6) is 2.21. The van der Waals surface area contributed by atoms with E-state index >= 15 is 0 Å². The molecule has 18 heavy (non-hydrogen) atoms. The molecule has 2 rings (SSSR count). The van der Waals surface area contributed by atoms with Crippen molar-refractivity contribution in [3.63, 3.8) is 0 Å². The standard InChI is InChI=1S/C13H19BrClN3/c1-8(2)9-5-3-4-6-10(9)18-13-11(14)12(15)16-7-17-13/h7-10H,3-6H2,1-2H3,(H,16,17,18). The average Bonchev–Trinajstić information content (AvgIpc) is 2.35. The predicted molar refractivity (Wildman–Crippen MR) is 78.9 cm³/mol. The van der Waals surface area contributed by atoms with Crippen molar-refractivity contribution in [2.75, 3.05) is 5.32 Å². The Bertz CT molecular complexity index is 411. The van der Waals surface area contributed by atoms with Gasteiger partial charge in [-0.15, -0.1) is 0 Å². The Balaban J connectivity index is 2.13. The third-order valence-electron chi connectivity index (χ3n) is 3.74. The fourth-order valence-corrected chi connectivity index (χ4v) is 3.21. The highest BCUT2D eigenvalue weighted by atomic mass is 79.9. The molecule has 1 heterocycles. The first-order valence-corrected chi connectivity index (χ1v) is 7.69. The fraction of sp³-hybridized carbons (Fsp3) is 0.692. The van der Waals surface area contributed by atoms with Gasteiger partial charge in [0.25, 0.3) is 0 Å². The SMILES string of the molecule is CC(C)C1CCCCC1Nc1ncnc(Cl)c1Br. The van der Waals surface area contributed by atoms with Crippen LogP contribution in [0.3, 0.4) is 0 Å². The molecule has 0 saturated heterocycles. The summed E-state index contributed by atoms with van der Waals surface area (Å²) in [5, 5.41) is 4.00. The Morgan fingerprint density at radius 3 is 2.78 bits per heavy atom. The zero-order valence-electron chi connectivity index (χ0n) is 10.8. The summed E-state index contributed by atoms with van der Waals surface area (Å²) in [7, 11) is 0. The van der Waals surface area contributed by atoms with E-state index in [1.165, 1.54) is 32.0 Å². The fourth-order valence-electron chi connectivity index (χ4n) is 2.76. The number of rotatable bonds is 3. The zero-order chi connectivity index (χ0) is 13.1. The van der Waals surface area contributed by atoms with Crippen LogP contribution in [0.1, 0.15) is 39.5 Å². The van der Waals surface area contributed by atoms with Gasteiger partial charge in [-0.05, 0) is 40.6 Å². The number of halogens is 2. The van der Waals surface area contributed by atoms with Crippen LogP contribution in [-0.2, 0) is 0 Å². The Hall–Kier alpha value is -0.350. The van der Waals surface area contributed by atoms with E-state index in [9.17, 15) is 0 Å². The summed E-state index contributed by atoms with van der Waals surface area (Å²) >= 11 is 9.44. The van der Waals surface area contributed by atoms with Gasteiger partial charge in [0.1, 0.15) is 17.3 Å². The number of hydrogen-bond acceptors (Lipinski definition) is 3. The monoisotopic (exact) mass is 331 g/mol. The largest absolute Gasteiger partial charge is 0.366 e. The summed E-state index contributed by atoms with van der Waals surface area (Å²) in [6.45, 7) is 4.60. The molecule has 2 unspecified atom stereocenters. The lowest BCUT2D eigenvalue weighted by molar-refractivity contribution is 0.253. The van der Waals surface area contributed by atoms with Crippen molar-refractivity contribution in [3.8, 4) is 0 Å². The van der Waals surface area contributed by atoms with Crippen LogP contribution >= 0.6 is 27.5 Å². The summed E-state index contributed by atoms with van der Waals surface area (Å²) < 4.78 is 0.764. The van der Waals surface area contributed by atoms with Crippen molar-refractivity contribution < 1.29 is 0 Å². The van der Waals surface area contributed by atoms with E-state index in [0.29, 0.717) is 23.0 Å². The third-order valence-corrected chi connectivity index (χ3v) is 5.01. The number of nitrogens with zero attached hydrogens (tertiary/aromatic N) is 2. The van der Waals surface area contributed by atoms with E-state index < -0.39 is 0 Å². The second kappa shape index (κ2) is 6.20. The smallest absolute Gasteiger partial charge is 0.148 e. The maximum absolute atomic E-state index is 5.99. The molecule has 0 amide bonds. The van der Waals surface area contributed by atoms with E-state index in [1.807, 2.05) is 0 Å². The minimum Gasteiger partial charge on any atom is -0.366 e. The second-order valence-electron chi connectivity index (χ2n) is 5.27. The Labute approximate surface area is 122 Å². The van der Waals surface area contributed by atoms with Crippen LogP contribution in [0.5, 0.6) is 0 Å². The first kappa shape index (κ1) is 14.1. The van der Waals surface area contributed by atoms with Gasteiger partial charge in [-0.3, -0.25) is 0 Å². The molecule has 0 bridgehead atoms. The quantitative estimate of drug-likeness (QED) is 0.827.